The third kappa shape index (κ3) is 8.96. The number of aliphatic hydroxyl groups is 2. The maximum Gasteiger partial charge on any atom is 0.263 e. The molecule has 0 spiro atoms. The van der Waals surface area contributed by atoms with E-state index in [1.54, 1.807) is 37.3 Å². The van der Waals surface area contributed by atoms with Crippen LogP contribution in [0.15, 0.2) is 36.5 Å². The Hall–Kier alpha value is -3.23. The number of nitrogens with zero attached hydrogens (tertiary/aromatic N) is 1. The standard InChI is InChI=1S/C25H34N4O8S/c1-15-26-11-20(38-15)24(34)29-19(13-37-4)23(33)28-18(12-36-3)22(32)27-17(21(31)25(2,35)14-30)10-16-8-6-5-7-9-16/h5-9,11,17-19,30,35H,10,12-14H2,1-4H3,(H,27,32)(H,28,33)(H,29,34)/t17-,18-,19-,25+/m0/s1. The van der Waals surface area contributed by atoms with Crippen LogP contribution < -0.4 is 16.0 Å². The summed E-state index contributed by atoms with van der Waals surface area (Å²) in [6, 6.07) is 5.20. The number of aryl methyl sites for hydroxylation is 1. The van der Waals surface area contributed by atoms with Gasteiger partial charge in [0, 0.05) is 14.2 Å². The molecule has 0 saturated carbocycles. The summed E-state index contributed by atoms with van der Waals surface area (Å²) in [6.07, 6.45) is 1.43. The number of ketones is 1. The molecule has 3 amide bonds. The second-order valence-electron chi connectivity index (χ2n) is 8.79. The van der Waals surface area contributed by atoms with Crippen LogP contribution in [0.5, 0.6) is 0 Å². The van der Waals surface area contributed by atoms with E-state index in [9.17, 15) is 29.4 Å². The highest BCUT2D eigenvalue weighted by atomic mass is 32.1. The molecule has 0 aliphatic carbocycles. The fourth-order valence-electron chi connectivity index (χ4n) is 3.45. The largest absolute Gasteiger partial charge is 0.393 e. The monoisotopic (exact) mass is 550 g/mol. The fraction of sp³-hybridized carbons (Fsp3) is 0.480. The first kappa shape index (κ1) is 31.0. The first-order valence-corrected chi connectivity index (χ1v) is 12.6. The van der Waals surface area contributed by atoms with Crippen LogP contribution >= 0.6 is 11.3 Å². The van der Waals surface area contributed by atoms with Crippen molar-refractivity contribution in [3.05, 3.63) is 52.0 Å². The van der Waals surface area contributed by atoms with E-state index in [1.807, 2.05) is 0 Å². The van der Waals surface area contributed by atoms with Gasteiger partial charge in [0.05, 0.1) is 37.1 Å². The first-order valence-electron chi connectivity index (χ1n) is 11.8. The number of benzene rings is 1. The molecule has 0 unspecified atom stereocenters. The van der Waals surface area contributed by atoms with E-state index in [2.05, 4.69) is 20.9 Å². The van der Waals surface area contributed by atoms with Crippen molar-refractivity contribution in [3.63, 3.8) is 0 Å². The van der Waals surface area contributed by atoms with Crippen molar-refractivity contribution in [3.8, 4) is 0 Å². The number of rotatable bonds is 15. The van der Waals surface area contributed by atoms with Crippen molar-refractivity contribution in [2.45, 2.75) is 44.0 Å². The topological polar surface area (TPSA) is 176 Å². The lowest BCUT2D eigenvalue weighted by molar-refractivity contribution is -0.144. The van der Waals surface area contributed by atoms with E-state index in [4.69, 9.17) is 9.47 Å². The van der Waals surface area contributed by atoms with Crippen LogP contribution in [0.1, 0.15) is 27.2 Å². The molecule has 2 aromatic rings. The molecule has 5 N–H and O–H groups in total. The van der Waals surface area contributed by atoms with Gasteiger partial charge in [0.1, 0.15) is 22.6 Å². The summed E-state index contributed by atoms with van der Waals surface area (Å²) in [5.41, 5.74) is -1.40. The average Bonchev–Trinajstić information content (AvgIpc) is 3.34. The van der Waals surface area contributed by atoms with Gasteiger partial charge in [-0.25, -0.2) is 4.98 Å². The summed E-state index contributed by atoms with van der Waals surface area (Å²) in [5.74, 6) is -2.81. The number of thiazole rings is 1. The summed E-state index contributed by atoms with van der Waals surface area (Å²) >= 11 is 1.16. The number of Topliss-reactive ketones (excluding diaryl/α,β-unsaturated/α-hetero) is 1. The SMILES string of the molecule is COC[C@H](NC(=O)c1cnc(C)s1)C(=O)N[C@@H](COC)C(=O)N[C@@H](Cc1ccccc1)C(=O)[C@](C)(O)CO. The average molecular weight is 551 g/mol. The number of carbonyl (C=O) groups excluding carboxylic acids is 4. The highest BCUT2D eigenvalue weighted by Gasteiger charge is 2.37. The quantitative estimate of drug-likeness (QED) is 0.193. The van der Waals surface area contributed by atoms with Crippen molar-refractivity contribution in [2.75, 3.05) is 34.0 Å². The highest BCUT2D eigenvalue weighted by molar-refractivity contribution is 7.13. The minimum atomic E-state index is -2.10. The predicted molar refractivity (Wildman–Crippen MR) is 139 cm³/mol. The van der Waals surface area contributed by atoms with Crippen LogP contribution in [-0.2, 0) is 30.3 Å². The molecule has 38 heavy (non-hydrogen) atoms. The molecule has 1 heterocycles. The number of nitrogens with one attached hydrogen (secondary N) is 3. The first-order chi connectivity index (χ1) is 18.0. The Labute approximate surface area is 224 Å². The lowest BCUT2D eigenvalue weighted by Gasteiger charge is -2.28. The van der Waals surface area contributed by atoms with E-state index in [0.717, 1.165) is 18.3 Å². The Morgan fingerprint density at radius 1 is 0.974 bits per heavy atom. The summed E-state index contributed by atoms with van der Waals surface area (Å²) in [5, 5.41) is 28.1. The Morgan fingerprint density at radius 2 is 1.53 bits per heavy atom. The second-order valence-corrected chi connectivity index (χ2v) is 10.0. The molecular weight excluding hydrogens is 516 g/mol. The number of hydrogen-bond donors (Lipinski definition) is 5. The van der Waals surface area contributed by atoms with Crippen molar-refractivity contribution < 1.29 is 38.9 Å². The molecule has 0 aliphatic heterocycles. The van der Waals surface area contributed by atoms with Crippen LogP contribution in [0.3, 0.4) is 0 Å². The Bertz CT molecular complexity index is 1090. The van der Waals surface area contributed by atoms with Crippen molar-refractivity contribution in [1.29, 1.82) is 0 Å². The molecule has 12 nitrogen and oxygen atoms in total. The van der Waals surface area contributed by atoms with Gasteiger partial charge < -0.3 is 35.6 Å². The molecule has 208 valence electrons. The minimum Gasteiger partial charge on any atom is -0.393 e. The van der Waals surface area contributed by atoms with E-state index >= 15 is 0 Å². The summed E-state index contributed by atoms with van der Waals surface area (Å²) in [4.78, 5) is 56.1. The molecule has 0 fully saturated rings. The van der Waals surface area contributed by atoms with Gasteiger partial charge in [-0.15, -0.1) is 11.3 Å². The number of aliphatic hydroxyl groups excluding tert-OH is 1. The molecule has 13 heteroatoms. The zero-order valence-corrected chi connectivity index (χ0v) is 22.5. The number of hydrogen-bond acceptors (Lipinski definition) is 10. The van der Waals surface area contributed by atoms with Crippen LogP contribution in [-0.4, -0.2) is 96.5 Å². The second kappa shape index (κ2) is 14.6. The van der Waals surface area contributed by atoms with E-state index in [-0.39, 0.29) is 19.6 Å². The molecule has 4 atom stereocenters. The molecule has 0 radical (unpaired) electrons. The third-order valence-electron chi connectivity index (χ3n) is 5.52. The summed E-state index contributed by atoms with van der Waals surface area (Å²) in [7, 11) is 2.69. The Morgan fingerprint density at radius 3 is 2.03 bits per heavy atom. The van der Waals surface area contributed by atoms with Gasteiger partial charge in [-0.1, -0.05) is 30.3 Å². The number of carbonyl (C=O) groups is 4. The van der Waals surface area contributed by atoms with Gasteiger partial charge in [-0.2, -0.15) is 0 Å². The molecule has 1 aromatic carbocycles. The molecule has 1 aromatic heterocycles. The van der Waals surface area contributed by atoms with E-state index in [1.165, 1.54) is 20.4 Å². The minimum absolute atomic E-state index is 0.0336. The molecule has 2 rings (SSSR count). The van der Waals surface area contributed by atoms with Crippen LogP contribution in [0.25, 0.3) is 0 Å². The van der Waals surface area contributed by atoms with E-state index in [0.29, 0.717) is 15.4 Å². The van der Waals surface area contributed by atoms with Crippen molar-refractivity contribution >= 4 is 34.8 Å². The van der Waals surface area contributed by atoms with Crippen molar-refractivity contribution in [1.82, 2.24) is 20.9 Å². The number of amides is 3. The molecule has 0 bridgehead atoms. The zero-order valence-electron chi connectivity index (χ0n) is 21.7. The summed E-state index contributed by atoms with van der Waals surface area (Å²) < 4.78 is 10.2. The maximum absolute atomic E-state index is 13.2. The van der Waals surface area contributed by atoms with Gasteiger partial charge in [0.15, 0.2) is 5.78 Å². The smallest absolute Gasteiger partial charge is 0.263 e. The number of ether oxygens (including phenoxy) is 2. The van der Waals surface area contributed by atoms with Crippen molar-refractivity contribution in [2.24, 2.45) is 0 Å². The number of aromatic nitrogens is 1. The predicted octanol–water partition coefficient (Wildman–Crippen LogP) is -0.633. The Balaban J connectivity index is 2.18. The van der Waals surface area contributed by atoms with Gasteiger partial charge in [0.2, 0.25) is 11.8 Å². The maximum atomic E-state index is 13.2. The van der Waals surface area contributed by atoms with Gasteiger partial charge in [0.25, 0.3) is 5.91 Å². The van der Waals surface area contributed by atoms with Crippen LogP contribution in [0.4, 0.5) is 0 Å². The molecule has 0 saturated heterocycles. The zero-order chi connectivity index (χ0) is 28.3. The molecular formula is C25H34N4O8S. The fourth-order valence-corrected chi connectivity index (χ4v) is 4.13. The lowest BCUT2D eigenvalue weighted by Crippen LogP contribution is -2.60. The van der Waals surface area contributed by atoms with Gasteiger partial charge in [-0.05, 0) is 25.8 Å². The van der Waals surface area contributed by atoms with Crippen LogP contribution in [0, 0.1) is 6.92 Å². The lowest BCUT2D eigenvalue weighted by atomic mass is 9.91. The molecule has 0 aliphatic rings. The van der Waals surface area contributed by atoms with Crippen LogP contribution in [0.2, 0.25) is 0 Å². The van der Waals surface area contributed by atoms with Gasteiger partial charge in [-0.3, -0.25) is 19.2 Å². The number of methoxy groups -OCH3 is 2. The normalized spacial score (nSPS) is 15.0. The van der Waals surface area contributed by atoms with Gasteiger partial charge >= 0.3 is 0 Å². The summed E-state index contributed by atoms with van der Waals surface area (Å²) in [6.45, 7) is 1.62. The third-order valence-corrected chi connectivity index (χ3v) is 6.43. The van der Waals surface area contributed by atoms with E-state index < -0.39 is 53.8 Å². The highest BCUT2D eigenvalue weighted by Crippen LogP contribution is 2.13. The Kier molecular flexibility index (Phi) is 11.9.